The van der Waals surface area contributed by atoms with E-state index in [1.807, 2.05) is 23.5 Å². The van der Waals surface area contributed by atoms with E-state index in [1.165, 1.54) is 128 Å². The smallest absolute Gasteiger partial charge is 0.0959 e. The number of likely N-dealkylation sites (tertiary alicyclic amines) is 1. The number of aromatic nitrogens is 1. The van der Waals surface area contributed by atoms with Gasteiger partial charge in [0.05, 0.1) is 10.7 Å². The van der Waals surface area contributed by atoms with Crippen molar-refractivity contribution in [3.05, 3.63) is 126 Å². The third kappa shape index (κ3) is 30.0. The molecule has 1 aliphatic rings. The lowest BCUT2D eigenvalue weighted by Crippen LogP contribution is -2.37. The summed E-state index contributed by atoms with van der Waals surface area (Å²) in [7, 11) is 4.44. The zero-order valence-corrected chi connectivity index (χ0v) is 44.6. The van der Waals surface area contributed by atoms with E-state index < -0.39 is 0 Å². The molecule has 360 valence electrons. The van der Waals surface area contributed by atoms with Crippen molar-refractivity contribution in [2.75, 3.05) is 27.2 Å². The quantitative estimate of drug-likeness (QED) is 0.0843. The molecule has 2 heterocycles. The van der Waals surface area contributed by atoms with Gasteiger partial charge in [-0.3, -0.25) is 9.80 Å². The van der Waals surface area contributed by atoms with Crippen LogP contribution in [0.3, 0.4) is 0 Å². The molecule has 1 aliphatic heterocycles. The number of likely N-dealkylation sites (N-methyl/N-ethyl adjacent to an activating group) is 2. The summed E-state index contributed by atoms with van der Waals surface area (Å²) in [6.07, 6.45) is 23.6. The number of piperidine rings is 1. The molecule has 0 radical (unpaired) electrons. The second kappa shape index (κ2) is 38.3. The molecular weight excluding hydrogens is 785 g/mol. The van der Waals surface area contributed by atoms with Gasteiger partial charge in [0.25, 0.3) is 0 Å². The van der Waals surface area contributed by atoms with Crippen LogP contribution in [0.1, 0.15) is 193 Å². The Kier molecular flexibility index (Phi) is 37.7. The van der Waals surface area contributed by atoms with Crippen molar-refractivity contribution < 1.29 is 0 Å². The summed E-state index contributed by atoms with van der Waals surface area (Å²) in [6, 6.07) is 10.5. The standard InChI is InChI=1S/C34H54N2S.C9H17N.C7H14.C6H12.C2H5N/c1-10-13-15-30(23-33(26(6)7)36(9)20-12-3)34-35-32(24-37-34)31(21-27(8)25(4)5)22-29-18-16-28(14-11-2)17-19-29;1-8(2)9-6-4-5-7-10(9)3;1-6(2)5-7(3)4;1-3-5-6-4-2;1-2-3/h12,16-19,24,26-27,30-31,33H,3-4,10-11,13-15,20-23H2,1-2,5-9H3;9H,1,4-7H2,2-3H3;7H,1,5H2,2-4H3;3H,1,4-6H2,2H3;2H,1,3H2. The van der Waals surface area contributed by atoms with E-state index in [9.17, 15) is 0 Å². The fraction of sp³-hybridized carbons (Fsp3) is 0.638. The van der Waals surface area contributed by atoms with E-state index >= 15 is 0 Å². The predicted molar refractivity (Wildman–Crippen MR) is 289 cm³/mol. The number of nitrogens with zero attached hydrogens (tertiary/aromatic N) is 3. The monoisotopic (exact) mass is 887 g/mol. The molecule has 1 saturated heterocycles. The van der Waals surface area contributed by atoms with Crippen molar-refractivity contribution in [1.82, 2.24) is 14.8 Å². The zero-order valence-electron chi connectivity index (χ0n) is 43.8. The molecule has 1 fully saturated rings. The highest BCUT2D eigenvalue weighted by molar-refractivity contribution is 7.09. The van der Waals surface area contributed by atoms with E-state index in [0.29, 0.717) is 35.8 Å². The highest BCUT2D eigenvalue weighted by atomic mass is 32.1. The number of thiazole rings is 1. The molecule has 5 unspecified atom stereocenters. The van der Waals surface area contributed by atoms with Crippen LogP contribution in [0.25, 0.3) is 0 Å². The number of rotatable bonds is 24. The van der Waals surface area contributed by atoms with E-state index in [2.05, 4.69) is 175 Å². The Morgan fingerprint density at radius 2 is 1.48 bits per heavy atom. The van der Waals surface area contributed by atoms with Crippen LogP contribution in [0.15, 0.2) is 104 Å². The van der Waals surface area contributed by atoms with Crippen molar-refractivity contribution in [3.63, 3.8) is 0 Å². The minimum Gasteiger partial charge on any atom is -0.405 e. The SMILES string of the molecule is C=C(C)C1CCCCN1C.C=C(C)CC(C)C.C=CCCCC.C=CCN(C)C(CC(CCCC)c1nc(C(Cc2ccc(CCC)cc2)CC(C)C(=C)C)cs1)C(C)C.C=CN. The number of aryl methyl sites for hydroxylation is 1. The first-order chi connectivity index (χ1) is 29.9. The number of hydrogen-bond donors (Lipinski definition) is 1. The Morgan fingerprint density at radius 3 is 1.89 bits per heavy atom. The molecular formula is C58H102N4S. The first kappa shape index (κ1) is 62.1. The molecule has 3 rings (SSSR count). The van der Waals surface area contributed by atoms with Gasteiger partial charge < -0.3 is 5.73 Å². The molecule has 0 bridgehead atoms. The molecule has 0 amide bonds. The van der Waals surface area contributed by atoms with E-state index in [0.717, 1.165) is 31.7 Å². The summed E-state index contributed by atoms with van der Waals surface area (Å²) in [5.41, 5.74) is 12.6. The minimum absolute atomic E-state index is 0.421. The van der Waals surface area contributed by atoms with Gasteiger partial charge in [-0.15, -0.1) is 31.1 Å². The van der Waals surface area contributed by atoms with Gasteiger partial charge in [0.2, 0.25) is 0 Å². The maximum absolute atomic E-state index is 5.39. The Hall–Kier alpha value is -2.99. The van der Waals surface area contributed by atoms with E-state index in [-0.39, 0.29) is 0 Å². The fourth-order valence-corrected chi connectivity index (χ4v) is 9.21. The van der Waals surface area contributed by atoms with Gasteiger partial charge in [-0.1, -0.05) is 167 Å². The molecule has 63 heavy (non-hydrogen) atoms. The predicted octanol–water partition coefficient (Wildman–Crippen LogP) is 16.9. The molecule has 2 aromatic rings. The van der Waals surface area contributed by atoms with Crippen LogP contribution in [0.4, 0.5) is 0 Å². The Morgan fingerprint density at radius 1 is 0.873 bits per heavy atom. The van der Waals surface area contributed by atoms with Gasteiger partial charge in [-0.2, -0.15) is 0 Å². The van der Waals surface area contributed by atoms with Crippen LogP contribution in [-0.2, 0) is 12.8 Å². The second-order valence-electron chi connectivity index (χ2n) is 19.2. The van der Waals surface area contributed by atoms with Crippen molar-refractivity contribution in [3.8, 4) is 0 Å². The van der Waals surface area contributed by atoms with Gasteiger partial charge in [0, 0.05) is 35.8 Å². The summed E-state index contributed by atoms with van der Waals surface area (Å²) in [5, 5.41) is 3.71. The molecule has 0 aliphatic carbocycles. The number of unbranched alkanes of at least 4 members (excludes halogenated alkanes) is 3. The number of benzene rings is 1. The number of nitrogens with two attached hydrogens (primary N) is 1. The molecule has 2 N–H and O–H groups in total. The average molecular weight is 888 g/mol. The molecule has 0 spiro atoms. The van der Waals surface area contributed by atoms with Crippen LogP contribution in [0, 0.1) is 17.8 Å². The minimum atomic E-state index is 0.421. The van der Waals surface area contributed by atoms with Crippen molar-refractivity contribution in [2.24, 2.45) is 23.5 Å². The Balaban J connectivity index is 0. The van der Waals surface area contributed by atoms with Crippen LogP contribution < -0.4 is 5.73 Å². The fourth-order valence-electron chi connectivity index (χ4n) is 8.15. The van der Waals surface area contributed by atoms with Crippen LogP contribution >= 0.6 is 11.3 Å². The first-order valence-corrected chi connectivity index (χ1v) is 25.7. The highest BCUT2D eigenvalue weighted by Gasteiger charge is 2.27. The summed E-state index contributed by atoms with van der Waals surface area (Å²) in [6.45, 7) is 49.5. The maximum atomic E-state index is 5.39. The third-order valence-electron chi connectivity index (χ3n) is 11.9. The van der Waals surface area contributed by atoms with Crippen LogP contribution in [-0.4, -0.2) is 54.1 Å². The first-order valence-electron chi connectivity index (χ1n) is 24.8. The third-order valence-corrected chi connectivity index (χ3v) is 12.9. The lowest BCUT2D eigenvalue weighted by Gasteiger charge is -2.33. The Labute approximate surface area is 397 Å². The zero-order chi connectivity index (χ0) is 48.3. The van der Waals surface area contributed by atoms with Gasteiger partial charge >= 0.3 is 0 Å². The van der Waals surface area contributed by atoms with Gasteiger partial charge in [0.1, 0.15) is 0 Å². The molecule has 1 aromatic heterocycles. The van der Waals surface area contributed by atoms with E-state index in [1.54, 1.807) is 0 Å². The van der Waals surface area contributed by atoms with Gasteiger partial charge in [-0.25, -0.2) is 4.98 Å². The molecule has 5 atom stereocenters. The lowest BCUT2D eigenvalue weighted by molar-refractivity contribution is 0.185. The van der Waals surface area contributed by atoms with Gasteiger partial charge in [0.15, 0.2) is 0 Å². The largest absolute Gasteiger partial charge is 0.405 e. The van der Waals surface area contributed by atoms with Crippen LogP contribution in [0.2, 0.25) is 0 Å². The van der Waals surface area contributed by atoms with Crippen LogP contribution in [0.5, 0.6) is 0 Å². The number of allylic oxidation sites excluding steroid dienone is 3. The summed E-state index contributed by atoms with van der Waals surface area (Å²) >= 11 is 1.90. The van der Waals surface area contributed by atoms with Crippen molar-refractivity contribution >= 4 is 11.3 Å². The van der Waals surface area contributed by atoms with Crippen molar-refractivity contribution in [1.29, 1.82) is 0 Å². The highest BCUT2D eigenvalue weighted by Crippen LogP contribution is 2.37. The molecule has 5 heteroatoms. The van der Waals surface area contributed by atoms with Gasteiger partial charge in [-0.05, 0) is 134 Å². The summed E-state index contributed by atoms with van der Waals surface area (Å²) in [4.78, 5) is 10.3. The average Bonchev–Trinajstić information content (AvgIpc) is 3.71. The normalized spacial score (nSPS) is 15.4. The summed E-state index contributed by atoms with van der Waals surface area (Å²) < 4.78 is 0. The Bertz CT molecular complexity index is 1480. The molecule has 4 nitrogen and oxygen atoms in total. The lowest BCUT2D eigenvalue weighted by atomic mass is 9.85. The van der Waals surface area contributed by atoms with E-state index in [4.69, 9.17) is 4.98 Å². The molecule has 1 aromatic carbocycles. The molecule has 0 saturated carbocycles. The maximum Gasteiger partial charge on any atom is 0.0959 e. The van der Waals surface area contributed by atoms with Crippen molar-refractivity contribution in [2.45, 2.75) is 196 Å². The number of hydrogen-bond acceptors (Lipinski definition) is 5. The second-order valence-corrected chi connectivity index (χ2v) is 20.1. The topological polar surface area (TPSA) is 45.4 Å². The summed E-state index contributed by atoms with van der Waals surface area (Å²) in [5.74, 6) is 2.81.